The molecule has 1 atom stereocenters. The lowest BCUT2D eigenvalue weighted by Crippen LogP contribution is -2.31. The molecule has 0 heterocycles. The Morgan fingerprint density at radius 3 is 2.55 bits per heavy atom. The molecule has 104 valence electrons. The Balaban J connectivity index is 2.00. The SMILES string of the molecule is O=C(Cc1cccc(Br)c1)N[C@H](CO)c1ccccc1. The zero-order chi connectivity index (χ0) is 14.4. The maximum atomic E-state index is 12.0. The summed E-state index contributed by atoms with van der Waals surface area (Å²) < 4.78 is 0.949. The van der Waals surface area contributed by atoms with Crippen molar-refractivity contribution in [3.8, 4) is 0 Å². The normalized spacial score (nSPS) is 11.9. The molecule has 0 aliphatic carbocycles. The van der Waals surface area contributed by atoms with Gasteiger partial charge in [0.1, 0.15) is 0 Å². The van der Waals surface area contributed by atoms with Crippen molar-refractivity contribution in [2.75, 3.05) is 6.61 Å². The van der Waals surface area contributed by atoms with Crippen molar-refractivity contribution in [1.82, 2.24) is 5.32 Å². The fourth-order valence-corrected chi connectivity index (χ4v) is 2.44. The second-order valence-corrected chi connectivity index (χ2v) is 5.44. The molecule has 0 aliphatic rings. The average molecular weight is 334 g/mol. The molecule has 0 saturated heterocycles. The van der Waals surface area contributed by atoms with Gasteiger partial charge in [0.05, 0.1) is 19.1 Å². The van der Waals surface area contributed by atoms with E-state index in [1.807, 2.05) is 54.6 Å². The maximum Gasteiger partial charge on any atom is 0.224 e. The van der Waals surface area contributed by atoms with Gasteiger partial charge in [0.15, 0.2) is 0 Å². The molecular formula is C16H16BrNO2. The topological polar surface area (TPSA) is 49.3 Å². The highest BCUT2D eigenvalue weighted by Gasteiger charge is 2.13. The lowest BCUT2D eigenvalue weighted by molar-refractivity contribution is -0.121. The number of benzene rings is 2. The first-order valence-corrected chi connectivity index (χ1v) is 7.18. The highest BCUT2D eigenvalue weighted by molar-refractivity contribution is 9.10. The third kappa shape index (κ3) is 4.18. The Hall–Kier alpha value is -1.65. The molecule has 2 rings (SSSR count). The molecular weight excluding hydrogens is 318 g/mol. The zero-order valence-corrected chi connectivity index (χ0v) is 12.5. The van der Waals surface area contributed by atoms with Crippen molar-refractivity contribution < 1.29 is 9.90 Å². The van der Waals surface area contributed by atoms with Gasteiger partial charge in [-0.2, -0.15) is 0 Å². The smallest absolute Gasteiger partial charge is 0.224 e. The van der Waals surface area contributed by atoms with Crippen LogP contribution in [0.4, 0.5) is 0 Å². The third-order valence-corrected chi connectivity index (χ3v) is 3.47. The van der Waals surface area contributed by atoms with Crippen LogP contribution in [-0.2, 0) is 11.2 Å². The van der Waals surface area contributed by atoms with E-state index in [-0.39, 0.29) is 18.6 Å². The van der Waals surface area contributed by atoms with E-state index in [1.165, 1.54) is 0 Å². The average Bonchev–Trinajstić information content (AvgIpc) is 2.45. The maximum absolute atomic E-state index is 12.0. The van der Waals surface area contributed by atoms with Crippen LogP contribution in [0.3, 0.4) is 0 Å². The van der Waals surface area contributed by atoms with Gasteiger partial charge in [-0.1, -0.05) is 58.4 Å². The van der Waals surface area contributed by atoms with E-state index in [4.69, 9.17) is 0 Å². The van der Waals surface area contributed by atoms with Crippen molar-refractivity contribution in [2.24, 2.45) is 0 Å². The van der Waals surface area contributed by atoms with Crippen molar-refractivity contribution in [3.63, 3.8) is 0 Å². The van der Waals surface area contributed by atoms with Gasteiger partial charge in [-0.25, -0.2) is 0 Å². The molecule has 0 radical (unpaired) electrons. The molecule has 2 N–H and O–H groups in total. The summed E-state index contributed by atoms with van der Waals surface area (Å²) in [5.74, 6) is -0.106. The van der Waals surface area contributed by atoms with Crippen molar-refractivity contribution >= 4 is 21.8 Å². The number of aliphatic hydroxyl groups excluding tert-OH is 1. The summed E-state index contributed by atoms with van der Waals surface area (Å²) in [6.07, 6.45) is 0.294. The number of hydrogen-bond acceptors (Lipinski definition) is 2. The number of carbonyl (C=O) groups is 1. The zero-order valence-electron chi connectivity index (χ0n) is 10.9. The molecule has 0 spiro atoms. The van der Waals surface area contributed by atoms with Crippen molar-refractivity contribution in [2.45, 2.75) is 12.5 Å². The molecule has 2 aromatic carbocycles. The predicted octanol–water partition coefficient (Wildman–Crippen LogP) is 2.84. The van der Waals surface area contributed by atoms with Gasteiger partial charge < -0.3 is 10.4 Å². The van der Waals surface area contributed by atoms with Crippen LogP contribution in [0.5, 0.6) is 0 Å². The molecule has 0 unspecified atom stereocenters. The lowest BCUT2D eigenvalue weighted by atomic mass is 10.1. The van der Waals surface area contributed by atoms with E-state index in [1.54, 1.807) is 0 Å². The summed E-state index contributed by atoms with van der Waals surface area (Å²) >= 11 is 3.38. The first-order chi connectivity index (χ1) is 9.69. The molecule has 0 aromatic heterocycles. The minimum atomic E-state index is -0.365. The summed E-state index contributed by atoms with van der Waals surface area (Å²) in [6.45, 7) is -0.117. The van der Waals surface area contributed by atoms with Crippen LogP contribution >= 0.6 is 15.9 Å². The minimum absolute atomic E-state index is 0.106. The van der Waals surface area contributed by atoms with Gasteiger partial charge in [-0.15, -0.1) is 0 Å². The Bertz CT molecular complexity index is 572. The molecule has 2 aromatic rings. The predicted molar refractivity (Wildman–Crippen MR) is 82.3 cm³/mol. The molecule has 0 bridgehead atoms. The number of amides is 1. The van der Waals surface area contributed by atoms with Gasteiger partial charge in [0.2, 0.25) is 5.91 Å². The van der Waals surface area contributed by atoms with Gasteiger partial charge in [-0.05, 0) is 23.3 Å². The van der Waals surface area contributed by atoms with Crippen LogP contribution in [-0.4, -0.2) is 17.6 Å². The van der Waals surface area contributed by atoms with E-state index >= 15 is 0 Å². The van der Waals surface area contributed by atoms with E-state index in [0.717, 1.165) is 15.6 Å². The molecule has 0 aliphatic heterocycles. The number of carbonyl (C=O) groups excluding carboxylic acids is 1. The summed E-state index contributed by atoms with van der Waals surface area (Å²) in [5.41, 5.74) is 1.83. The van der Waals surface area contributed by atoms with E-state index in [0.29, 0.717) is 6.42 Å². The fourth-order valence-electron chi connectivity index (χ4n) is 2.00. The Morgan fingerprint density at radius 2 is 1.90 bits per heavy atom. The van der Waals surface area contributed by atoms with Crippen LogP contribution < -0.4 is 5.32 Å². The summed E-state index contributed by atoms with van der Waals surface area (Å²) in [6, 6.07) is 16.7. The molecule has 3 nitrogen and oxygen atoms in total. The first kappa shape index (κ1) is 14.8. The van der Waals surface area contributed by atoms with Crippen molar-refractivity contribution in [1.29, 1.82) is 0 Å². The standard InChI is InChI=1S/C16H16BrNO2/c17-14-8-4-5-12(9-14)10-16(20)18-15(11-19)13-6-2-1-3-7-13/h1-9,15,19H,10-11H2,(H,18,20)/t15-/m1/s1. The van der Waals surface area contributed by atoms with Crippen LogP contribution in [0.15, 0.2) is 59.1 Å². The number of rotatable bonds is 5. The second kappa shape index (κ2) is 7.22. The van der Waals surface area contributed by atoms with E-state index in [2.05, 4.69) is 21.2 Å². The summed E-state index contributed by atoms with van der Waals surface area (Å²) in [5, 5.41) is 12.3. The largest absolute Gasteiger partial charge is 0.394 e. The Kier molecular flexibility index (Phi) is 5.32. The molecule has 4 heteroatoms. The van der Waals surface area contributed by atoms with E-state index in [9.17, 15) is 9.90 Å². The number of halogens is 1. The highest BCUT2D eigenvalue weighted by atomic mass is 79.9. The van der Waals surface area contributed by atoms with Crippen molar-refractivity contribution in [3.05, 3.63) is 70.2 Å². The van der Waals surface area contributed by atoms with Gasteiger partial charge in [0.25, 0.3) is 0 Å². The molecule has 20 heavy (non-hydrogen) atoms. The van der Waals surface area contributed by atoms with Crippen LogP contribution in [0.25, 0.3) is 0 Å². The van der Waals surface area contributed by atoms with Crippen LogP contribution in [0.1, 0.15) is 17.2 Å². The van der Waals surface area contributed by atoms with Gasteiger partial charge in [0, 0.05) is 4.47 Å². The van der Waals surface area contributed by atoms with Crippen LogP contribution in [0.2, 0.25) is 0 Å². The Labute approximate surface area is 126 Å². The summed E-state index contributed by atoms with van der Waals surface area (Å²) in [4.78, 5) is 12.0. The highest BCUT2D eigenvalue weighted by Crippen LogP contribution is 2.14. The van der Waals surface area contributed by atoms with Crippen LogP contribution in [0, 0.1) is 0 Å². The lowest BCUT2D eigenvalue weighted by Gasteiger charge is -2.16. The minimum Gasteiger partial charge on any atom is -0.394 e. The number of aliphatic hydroxyl groups is 1. The molecule has 0 fully saturated rings. The number of hydrogen-bond donors (Lipinski definition) is 2. The number of nitrogens with one attached hydrogen (secondary N) is 1. The van der Waals surface area contributed by atoms with E-state index < -0.39 is 0 Å². The quantitative estimate of drug-likeness (QED) is 0.883. The monoisotopic (exact) mass is 333 g/mol. The van der Waals surface area contributed by atoms with Gasteiger partial charge in [-0.3, -0.25) is 4.79 Å². The summed E-state index contributed by atoms with van der Waals surface area (Å²) in [7, 11) is 0. The second-order valence-electron chi connectivity index (χ2n) is 4.52. The molecule has 1 amide bonds. The fraction of sp³-hybridized carbons (Fsp3) is 0.188. The Morgan fingerprint density at radius 1 is 1.15 bits per heavy atom. The molecule has 0 saturated carbocycles. The third-order valence-electron chi connectivity index (χ3n) is 2.97. The first-order valence-electron chi connectivity index (χ1n) is 6.38. The van der Waals surface area contributed by atoms with Gasteiger partial charge >= 0.3 is 0 Å².